The van der Waals surface area contributed by atoms with Crippen LogP contribution in [0, 0.1) is 0 Å². The molecule has 0 fully saturated rings. The molecule has 0 spiro atoms. The topological polar surface area (TPSA) is 89.5 Å². The number of esters is 2. The van der Waals surface area contributed by atoms with Gasteiger partial charge in [-0.3, -0.25) is 0 Å². The van der Waals surface area contributed by atoms with E-state index in [-0.39, 0.29) is 0 Å². The molecule has 0 N–H and O–H groups in total. The number of carbonyl (C=O) groups excluding carboxylic acids is 2. The Hall–Kier alpha value is -4.98. The van der Waals surface area contributed by atoms with Gasteiger partial charge in [0.1, 0.15) is 34.5 Å². The quantitative estimate of drug-likeness (QED) is 0.0465. The summed E-state index contributed by atoms with van der Waals surface area (Å²) in [7, 11) is 0. The van der Waals surface area contributed by atoms with E-state index in [1.807, 2.05) is 0 Å². The zero-order valence-corrected chi connectivity index (χ0v) is 28.7. The Morgan fingerprint density at radius 3 is 0.959 bits per heavy atom. The van der Waals surface area contributed by atoms with Gasteiger partial charge in [0.05, 0.1) is 37.6 Å². The molecule has 0 saturated carbocycles. The van der Waals surface area contributed by atoms with Crippen molar-refractivity contribution >= 4 is 11.9 Å². The maximum absolute atomic E-state index is 12.5. The molecule has 0 radical (unpaired) electrons. The number of unbranched alkanes of at least 4 members (excludes halogenated alkanes) is 6. The van der Waals surface area contributed by atoms with Gasteiger partial charge in [0.15, 0.2) is 0 Å². The lowest BCUT2D eigenvalue weighted by molar-refractivity contribution is 0.0725. The van der Waals surface area contributed by atoms with Crippen LogP contribution in [0.1, 0.15) is 92.4 Å². The summed E-state index contributed by atoms with van der Waals surface area (Å²) in [5, 5.41) is 0. The molecule has 4 aromatic carbocycles. The van der Waals surface area contributed by atoms with Crippen LogP contribution in [0.3, 0.4) is 0 Å². The number of ether oxygens (including phenoxy) is 6. The maximum Gasteiger partial charge on any atom is 0.343 e. The van der Waals surface area contributed by atoms with Crippen molar-refractivity contribution in [3.63, 3.8) is 0 Å². The Morgan fingerprint density at radius 1 is 0.367 bits per heavy atom. The third kappa shape index (κ3) is 13.6. The average molecular weight is 669 g/mol. The number of hydrogen-bond donors (Lipinski definition) is 0. The lowest BCUT2D eigenvalue weighted by Gasteiger charge is -2.09. The monoisotopic (exact) mass is 668 g/mol. The van der Waals surface area contributed by atoms with E-state index in [4.69, 9.17) is 28.4 Å². The fourth-order valence-electron chi connectivity index (χ4n) is 4.70. The van der Waals surface area contributed by atoms with E-state index in [9.17, 15) is 9.59 Å². The zero-order valence-electron chi connectivity index (χ0n) is 28.7. The lowest BCUT2D eigenvalue weighted by Crippen LogP contribution is -2.08. The Balaban J connectivity index is 1.03. The molecule has 4 aromatic rings. The number of hydrogen-bond acceptors (Lipinski definition) is 8. The molecule has 0 atom stereocenters. The third-order valence-corrected chi connectivity index (χ3v) is 7.61. The van der Waals surface area contributed by atoms with Crippen LogP contribution < -0.4 is 28.4 Å². The normalized spacial score (nSPS) is 10.7. The van der Waals surface area contributed by atoms with Crippen molar-refractivity contribution in [1.29, 1.82) is 0 Å². The summed E-state index contributed by atoms with van der Waals surface area (Å²) in [6.07, 6.45) is 9.23. The fraction of sp³-hybridized carbons (Fsp3) is 0.366. The van der Waals surface area contributed by atoms with Crippen LogP contribution in [-0.4, -0.2) is 38.4 Å². The molecule has 0 aliphatic rings. The number of carbonyl (C=O) groups is 2. The van der Waals surface area contributed by atoms with Gasteiger partial charge in [-0.2, -0.15) is 0 Å². The van der Waals surface area contributed by atoms with Gasteiger partial charge < -0.3 is 28.4 Å². The van der Waals surface area contributed by atoms with Gasteiger partial charge in [0, 0.05) is 0 Å². The minimum Gasteiger partial charge on any atom is -0.494 e. The van der Waals surface area contributed by atoms with Crippen LogP contribution in [0.15, 0.2) is 97.1 Å². The second-order valence-corrected chi connectivity index (χ2v) is 11.6. The van der Waals surface area contributed by atoms with Crippen molar-refractivity contribution in [2.45, 2.75) is 71.6 Å². The van der Waals surface area contributed by atoms with E-state index in [1.54, 1.807) is 97.1 Å². The first-order valence-electron chi connectivity index (χ1n) is 17.4. The fourth-order valence-corrected chi connectivity index (χ4v) is 4.70. The standard InChI is InChI=1S/C41H48O8/c1-3-5-28-44-36-20-24-38(25-21-36)48-40(42)32-12-16-34(17-13-32)46-30-10-8-7-9-11-31-47-35-18-14-33(15-19-35)41(43)49-39-26-22-37(23-27-39)45-29-6-4-2/h12-27H,3-11,28-31H2,1-2H3. The molecule has 0 amide bonds. The summed E-state index contributed by atoms with van der Waals surface area (Å²) >= 11 is 0. The molecule has 0 aliphatic carbocycles. The van der Waals surface area contributed by atoms with Gasteiger partial charge in [-0.05, 0) is 123 Å². The minimum absolute atomic E-state index is 0.418. The first-order chi connectivity index (χ1) is 24.0. The second kappa shape index (κ2) is 21.1. The molecule has 0 aromatic heterocycles. The summed E-state index contributed by atoms with van der Waals surface area (Å²) in [6, 6.07) is 28.2. The summed E-state index contributed by atoms with van der Waals surface area (Å²) in [5.41, 5.74) is 0.920. The molecule has 49 heavy (non-hydrogen) atoms. The van der Waals surface area contributed by atoms with Crippen molar-refractivity contribution in [3.8, 4) is 34.5 Å². The van der Waals surface area contributed by atoms with Crippen LogP contribution in [-0.2, 0) is 0 Å². The van der Waals surface area contributed by atoms with Crippen molar-refractivity contribution in [2.75, 3.05) is 26.4 Å². The van der Waals surface area contributed by atoms with Gasteiger partial charge >= 0.3 is 11.9 Å². The Bertz CT molecular complexity index is 1400. The van der Waals surface area contributed by atoms with Crippen molar-refractivity contribution in [1.82, 2.24) is 0 Å². The lowest BCUT2D eigenvalue weighted by atomic mass is 10.1. The predicted octanol–water partition coefficient (Wildman–Crippen LogP) is 9.89. The summed E-state index contributed by atoms with van der Waals surface area (Å²) in [4.78, 5) is 25.0. The minimum atomic E-state index is -0.418. The van der Waals surface area contributed by atoms with Gasteiger partial charge in [0.25, 0.3) is 0 Å². The van der Waals surface area contributed by atoms with E-state index < -0.39 is 11.9 Å². The van der Waals surface area contributed by atoms with Crippen molar-refractivity contribution < 1.29 is 38.0 Å². The predicted molar refractivity (Wildman–Crippen MR) is 191 cm³/mol. The molecule has 0 heterocycles. The molecular weight excluding hydrogens is 620 g/mol. The highest BCUT2D eigenvalue weighted by Crippen LogP contribution is 2.22. The summed E-state index contributed by atoms with van der Waals surface area (Å²) in [5.74, 6) is 3.07. The van der Waals surface area contributed by atoms with E-state index in [1.165, 1.54) is 0 Å². The molecule has 8 heteroatoms. The van der Waals surface area contributed by atoms with E-state index >= 15 is 0 Å². The van der Waals surface area contributed by atoms with Crippen LogP contribution in [0.5, 0.6) is 34.5 Å². The molecule has 0 saturated heterocycles. The first kappa shape index (κ1) is 36.8. The second-order valence-electron chi connectivity index (χ2n) is 11.6. The third-order valence-electron chi connectivity index (χ3n) is 7.61. The molecule has 4 rings (SSSR count). The summed E-state index contributed by atoms with van der Waals surface area (Å²) in [6.45, 7) is 6.81. The Kier molecular flexibility index (Phi) is 15.9. The van der Waals surface area contributed by atoms with Gasteiger partial charge in [-0.25, -0.2) is 9.59 Å². The van der Waals surface area contributed by atoms with Crippen LogP contribution >= 0.6 is 0 Å². The molecule has 0 bridgehead atoms. The summed E-state index contributed by atoms with van der Waals surface area (Å²) < 4.78 is 34.0. The van der Waals surface area contributed by atoms with E-state index in [2.05, 4.69) is 13.8 Å². The van der Waals surface area contributed by atoms with E-state index in [0.29, 0.717) is 49.1 Å². The molecule has 260 valence electrons. The maximum atomic E-state index is 12.5. The number of benzene rings is 4. The highest BCUT2D eigenvalue weighted by molar-refractivity contribution is 5.91. The molecule has 0 unspecified atom stereocenters. The van der Waals surface area contributed by atoms with E-state index in [0.717, 1.165) is 80.8 Å². The SMILES string of the molecule is CCCCOc1ccc(OC(=O)c2ccc(OCCCCCCCOc3ccc(C(=O)Oc4ccc(OCCCC)cc4)cc3)cc2)cc1. The van der Waals surface area contributed by atoms with Gasteiger partial charge in [-0.1, -0.05) is 46.0 Å². The van der Waals surface area contributed by atoms with Gasteiger partial charge in [-0.15, -0.1) is 0 Å². The Morgan fingerprint density at radius 2 is 0.633 bits per heavy atom. The largest absolute Gasteiger partial charge is 0.494 e. The highest BCUT2D eigenvalue weighted by Gasteiger charge is 2.11. The van der Waals surface area contributed by atoms with Crippen LogP contribution in [0.25, 0.3) is 0 Å². The molecular formula is C41H48O8. The van der Waals surface area contributed by atoms with Crippen molar-refractivity contribution in [2.24, 2.45) is 0 Å². The smallest absolute Gasteiger partial charge is 0.343 e. The Labute approximate surface area is 290 Å². The number of rotatable bonds is 22. The zero-order chi connectivity index (χ0) is 34.5. The molecule has 0 aliphatic heterocycles. The highest BCUT2D eigenvalue weighted by atomic mass is 16.5. The first-order valence-corrected chi connectivity index (χ1v) is 17.4. The van der Waals surface area contributed by atoms with Crippen LogP contribution in [0.2, 0.25) is 0 Å². The van der Waals surface area contributed by atoms with Gasteiger partial charge in [0.2, 0.25) is 0 Å². The molecule has 8 nitrogen and oxygen atoms in total. The average Bonchev–Trinajstić information content (AvgIpc) is 3.13. The van der Waals surface area contributed by atoms with Crippen LogP contribution in [0.4, 0.5) is 0 Å². The van der Waals surface area contributed by atoms with Crippen molar-refractivity contribution in [3.05, 3.63) is 108 Å².